The Labute approximate surface area is 280 Å². The number of carbonyl (C=O) groups is 2. The molecule has 232 valence electrons. The van der Waals surface area contributed by atoms with Gasteiger partial charge < -0.3 is 10.6 Å². The summed E-state index contributed by atoms with van der Waals surface area (Å²) in [5, 5.41) is 5.47. The van der Waals surface area contributed by atoms with Gasteiger partial charge in [-0.2, -0.15) is 0 Å². The molecule has 3 aromatic carbocycles. The second-order valence-corrected chi connectivity index (χ2v) is 22.5. The van der Waals surface area contributed by atoms with Crippen molar-refractivity contribution in [1.29, 1.82) is 0 Å². The van der Waals surface area contributed by atoms with Crippen molar-refractivity contribution in [3.05, 3.63) is 124 Å². The lowest BCUT2D eigenvalue weighted by molar-refractivity contribution is -0.114. The van der Waals surface area contributed by atoms with Crippen LogP contribution in [0.25, 0.3) is 0 Å². The van der Waals surface area contributed by atoms with Crippen molar-refractivity contribution >= 4 is 39.6 Å². The number of benzene rings is 3. The van der Waals surface area contributed by atoms with Gasteiger partial charge in [-0.3, -0.25) is 9.59 Å². The fourth-order valence-electron chi connectivity index (χ4n) is 3.93. The van der Waals surface area contributed by atoms with Crippen molar-refractivity contribution < 1.29 is 9.59 Å². The molecule has 4 aromatic rings. The van der Waals surface area contributed by atoms with Crippen LogP contribution >= 0.6 is 0 Å². The first-order chi connectivity index (χ1) is 22.2. The fraction of sp³-hybridized carbons (Fsp3) is 0.175. The first-order valence-electron chi connectivity index (χ1n) is 15.2. The first kappa shape index (κ1) is 34.3. The van der Waals surface area contributed by atoms with Crippen LogP contribution in [0.4, 0.5) is 11.6 Å². The van der Waals surface area contributed by atoms with Gasteiger partial charge in [0.1, 0.15) is 27.8 Å². The van der Waals surface area contributed by atoms with E-state index >= 15 is 0 Å². The summed E-state index contributed by atoms with van der Waals surface area (Å²) < 4.78 is 0. The van der Waals surface area contributed by atoms with E-state index in [4.69, 9.17) is 0 Å². The Morgan fingerprint density at radius 2 is 0.979 bits per heavy atom. The number of nitrogens with one attached hydrogen (secondary N) is 2. The number of hydrogen-bond acceptors (Lipinski definition) is 3. The molecule has 5 nitrogen and oxygen atoms in total. The van der Waals surface area contributed by atoms with Gasteiger partial charge in [-0.15, -0.1) is 11.1 Å². The number of anilines is 2. The second kappa shape index (κ2) is 15.1. The molecule has 0 aliphatic carbocycles. The molecule has 0 radical (unpaired) electrons. The predicted octanol–water partition coefficient (Wildman–Crippen LogP) is 7.55. The van der Waals surface area contributed by atoms with E-state index in [9.17, 15) is 9.59 Å². The summed E-state index contributed by atoms with van der Waals surface area (Å²) in [5.41, 5.74) is 11.9. The molecule has 2 N–H and O–H groups in total. The topological polar surface area (TPSA) is 71.1 Å². The van der Waals surface area contributed by atoms with E-state index in [1.165, 1.54) is 6.92 Å². The van der Waals surface area contributed by atoms with E-state index < -0.39 is 22.1 Å². The number of hydrogen-bond donors (Lipinski definition) is 2. The minimum Gasteiger partial charge on any atom is -0.311 e. The highest BCUT2D eigenvalue weighted by molar-refractivity contribution is 6.84. The summed E-state index contributed by atoms with van der Waals surface area (Å²) in [6.45, 7) is 14.7. The Bertz CT molecular complexity index is 2060. The van der Waals surface area contributed by atoms with E-state index in [1.807, 2.05) is 54.6 Å². The van der Waals surface area contributed by atoms with Gasteiger partial charge >= 0.3 is 0 Å². The third kappa shape index (κ3) is 11.7. The minimum atomic E-state index is -1.47. The van der Waals surface area contributed by atoms with Crippen molar-refractivity contribution in [2.24, 2.45) is 0 Å². The molecular weight excluding hydrogens is 611 g/mol. The Morgan fingerprint density at radius 1 is 0.553 bits per heavy atom. The summed E-state index contributed by atoms with van der Waals surface area (Å²) in [5.74, 6) is 19.2. The molecule has 0 unspecified atom stereocenters. The molecule has 0 aliphatic rings. The molecular formula is C40H37N3O2Si2. The third-order valence-corrected chi connectivity index (χ3v) is 7.94. The molecule has 2 amide bonds. The lowest BCUT2D eigenvalue weighted by atomic mass is 10.0. The molecule has 1 heterocycles. The fourth-order valence-corrected chi connectivity index (χ4v) is 4.97. The number of aromatic nitrogens is 1. The molecule has 0 aliphatic heterocycles. The lowest BCUT2D eigenvalue weighted by Gasteiger charge is -2.09. The van der Waals surface area contributed by atoms with Crippen LogP contribution in [-0.4, -0.2) is 32.9 Å². The van der Waals surface area contributed by atoms with E-state index in [1.54, 1.807) is 30.3 Å². The van der Waals surface area contributed by atoms with Crippen molar-refractivity contribution in [3.63, 3.8) is 0 Å². The van der Waals surface area contributed by atoms with Crippen LogP contribution in [0, 0.1) is 46.6 Å². The maximum Gasteiger partial charge on any atom is 0.258 e. The Balaban J connectivity index is 1.64. The third-order valence-electron chi connectivity index (χ3n) is 6.19. The summed E-state index contributed by atoms with van der Waals surface area (Å²) in [6.07, 6.45) is 0. The largest absolute Gasteiger partial charge is 0.311 e. The van der Waals surface area contributed by atoms with Crippen molar-refractivity contribution in [3.8, 4) is 46.6 Å². The molecule has 0 saturated carbocycles. The smallest absolute Gasteiger partial charge is 0.258 e. The Kier molecular flexibility index (Phi) is 11.0. The highest BCUT2D eigenvalue weighted by atomic mass is 28.3. The van der Waals surface area contributed by atoms with Crippen molar-refractivity contribution in [2.45, 2.75) is 46.2 Å². The molecule has 0 atom stereocenters. The zero-order chi connectivity index (χ0) is 34.0. The monoisotopic (exact) mass is 647 g/mol. The standard InChI is InChI=1S/C40H37N3O2Si2/c1-30(44)41-38-9-8-10-39(42-38)43-40(45)37-29-35(20-19-31-11-15-33(16-12-31)25-27-46(2,3)4)22-24-36(37)23-21-32-13-17-34(18-14-32)26-28-47(5,6)7/h8-18,22,24,29H,1-7H3,(H2,41,42,43,44,45). The predicted molar refractivity (Wildman–Crippen MR) is 198 cm³/mol. The SMILES string of the molecule is CC(=O)Nc1cccc(NC(=O)c2cc(C#Cc3ccc(C#C[Si](C)(C)C)cc3)ccc2C#Cc2ccc(C#C[Si](C)(C)C)cc2)n1. The van der Waals surface area contributed by atoms with Crippen LogP contribution in [0.15, 0.2) is 84.9 Å². The summed E-state index contributed by atoms with van der Waals surface area (Å²) in [7, 11) is -2.93. The van der Waals surface area contributed by atoms with Gasteiger partial charge in [0.2, 0.25) is 5.91 Å². The van der Waals surface area contributed by atoms with Gasteiger partial charge in [0.25, 0.3) is 5.91 Å². The van der Waals surface area contributed by atoms with Crippen LogP contribution in [0.3, 0.4) is 0 Å². The zero-order valence-corrected chi connectivity index (χ0v) is 29.8. The van der Waals surface area contributed by atoms with Gasteiger partial charge in [0.05, 0.1) is 5.56 Å². The zero-order valence-electron chi connectivity index (χ0n) is 27.8. The molecule has 7 heteroatoms. The van der Waals surface area contributed by atoms with Crippen molar-refractivity contribution in [1.82, 2.24) is 4.98 Å². The first-order valence-corrected chi connectivity index (χ1v) is 22.2. The maximum atomic E-state index is 13.6. The highest BCUT2D eigenvalue weighted by Gasteiger charge is 2.13. The number of nitrogens with zero attached hydrogens (tertiary/aromatic N) is 1. The van der Waals surface area contributed by atoms with Gasteiger partial charge in [0.15, 0.2) is 0 Å². The molecule has 0 saturated heterocycles. The molecule has 0 bridgehead atoms. The normalized spacial score (nSPS) is 10.4. The van der Waals surface area contributed by atoms with E-state index in [0.717, 1.165) is 22.3 Å². The minimum absolute atomic E-state index is 0.255. The molecule has 0 spiro atoms. The van der Waals surface area contributed by atoms with Gasteiger partial charge in [-0.25, -0.2) is 4.98 Å². The van der Waals surface area contributed by atoms with Crippen LogP contribution in [-0.2, 0) is 4.79 Å². The average Bonchev–Trinajstić information content (AvgIpc) is 3.01. The number of rotatable bonds is 3. The number of amides is 2. The summed E-state index contributed by atoms with van der Waals surface area (Å²) in [4.78, 5) is 29.4. The Morgan fingerprint density at radius 3 is 1.47 bits per heavy atom. The van der Waals surface area contributed by atoms with Crippen LogP contribution in [0.5, 0.6) is 0 Å². The highest BCUT2D eigenvalue weighted by Crippen LogP contribution is 2.16. The Hall–Kier alpha value is -5.58. The van der Waals surface area contributed by atoms with Crippen molar-refractivity contribution in [2.75, 3.05) is 10.6 Å². The van der Waals surface area contributed by atoms with E-state index in [0.29, 0.717) is 28.3 Å². The molecule has 1 aromatic heterocycles. The summed E-state index contributed by atoms with van der Waals surface area (Å²) in [6, 6.07) is 26.0. The van der Waals surface area contributed by atoms with Crippen LogP contribution < -0.4 is 10.6 Å². The lowest BCUT2D eigenvalue weighted by Crippen LogP contribution is -2.16. The van der Waals surface area contributed by atoms with Gasteiger partial charge in [-0.1, -0.05) is 80.9 Å². The van der Waals surface area contributed by atoms with E-state index in [2.05, 4.69) is 102 Å². The van der Waals surface area contributed by atoms with E-state index in [-0.39, 0.29) is 5.91 Å². The maximum absolute atomic E-state index is 13.6. The van der Waals surface area contributed by atoms with Gasteiger partial charge in [-0.05, 0) is 78.9 Å². The number of pyridine rings is 1. The molecule has 47 heavy (non-hydrogen) atoms. The van der Waals surface area contributed by atoms with Crippen LogP contribution in [0.2, 0.25) is 39.3 Å². The summed E-state index contributed by atoms with van der Waals surface area (Å²) >= 11 is 0. The molecule has 0 fully saturated rings. The van der Waals surface area contributed by atoms with Gasteiger partial charge in [0, 0.05) is 40.3 Å². The molecule has 4 rings (SSSR count). The second-order valence-electron chi connectivity index (χ2n) is 13.0. The number of carbonyl (C=O) groups excluding carboxylic acids is 2. The average molecular weight is 648 g/mol. The quantitative estimate of drug-likeness (QED) is 0.178. The van der Waals surface area contributed by atoms with Crippen LogP contribution in [0.1, 0.15) is 50.7 Å².